The molecular weight excluding hydrogens is 208 g/mol. The molecule has 0 aromatic heterocycles. The summed E-state index contributed by atoms with van der Waals surface area (Å²) in [5, 5.41) is 7.82. The molecule has 0 fully saturated rings. The molecule has 1 aromatic carbocycles. The monoisotopic (exact) mass is 222 g/mol. The number of nitrogens with two attached hydrogens (primary N) is 1. The first-order valence-corrected chi connectivity index (χ1v) is 4.73. The lowest BCUT2D eigenvalue weighted by molar-refractivity contribution is -0.115. The molecule has 0 radical (unpaired) electrons. The Labute approximate surface area is 93.2 Å². The van der Waals surface area contributed by atoms with Crippen molar-refractivity contribution < 1.29 is 9.59 Å². The summed E-state index contributed by atoms with van der Waals surface area (Å²) in [7, 11) is 1.69. The van der Waals surface area contributed by atoms with Gasteiger partial charge in [-0.3, -0.25) is 4.79 Å². The predicted molar refractivity (Wildman–Crippen MR) is 62.2 cm³/mol. The molecule has 0 bridgehead atoms. The van der Waals surface area contributed by atoms with Crippen LogP contribution in [0.2, 0.25) is 0 Å². The highest BCUT2D eigenvalue weighted by molar-refractivity contribution is 5.94. The molecule has 0 aliphatic heterocycles. The summed E-state index contributed by atoms with van der Waals surface area (Å²) in [4.78, 5) is 21.9. The molecule has 5 N–H and O–H groups in total. The van der Waals surface area contributed by atoms with Crippen molar-refractivity contribution >= 4 is 23.3 Å². The predicted octanol–water partition coefficient (Wildman–Crippen LogP) is 0.335. The van der Waals surface area contributed by atoms with E-state index in [1.165, 1.54) is 0 Å². The van der Waals surface area contributed by atoms with Crippen molar-refractivity contribution in [3.63, 3.8) is 0 Å². The van der Waals surface area contributed by atoms with Crippen molar-refractivity contribution in [1.29, 1.82) is 0 Å². The first kappa shape index (κ1) is 12.0. The topological polar surface area (TPSA) is 96.2 Å². The molecule has 6 nitrogen and oxygen atoms in total. The van der Waals surface area contributed by atoms with Crippen LogP contribution in [0.25, 0.3) is 0 Å². The molecule has 16 heavy (non-hydrogen) atoms. The smallest absolute Gasteiger partial charge is 0.316 e. The summed E-state index contributed by atoms with van der Waals surface area (Å²) in [5.74, 6) is -0.154. The number of rotatable bonds is 4. The highest BCUT2D eigenvalue weighted by atomic mass is 16.2. The molecule has 1 rings (SSSR count). The van der Waals surface area contributed by atoms with Crippen molar-refractivity contribution in [2.24, 2.45) is 5.73 Å². The van der Waals surface area contributed by atoms with Crippen molar-refractivity contribution in [3.05, 3.63) is 24.3 Å². The normalized spacial score (nSPS) is 9.56. The molecule has 0 aliphatic rings. The molecular formula is C10H14N4O2. The fraction of sp³-hybridized carbons (Fsp3) is 0.200. The second kappa shape index (κ2) is 5.72. The molecule has 86 valence electrons. The van der Waals surface area contributed by atoms with Crippen LogP contribution >= 0.6 is 0 Å². The Morgan fingerprint density at radius 1 is 1.25 bits per heavy atom. The number of carbonyl (C=O) groups is 2. The van der Waals surface area contributed by atoms with E-state index in [2.05, 4.69) is 16.0 Å². The lowest BCUT2D eigenvalue weighted by atomic mass is 10.2. The van der Waals surface area contributed by atoms with Gasteiger partial charge in [-0.05, 0) is 25.2 Å². The zero-order valence-electron chi connectivity index (χ0n) is 8.91. The quantitative estimate of drug-likeness (QED) is 0.591. The van der Waals surface area contributed by atoms with Gasteiger partial charge in [0.05, 0.1) is 6.54 Å². The van der Waals surface area contributed by atoms with Crippen LogP contribution in [0.3, 0.4) is 0 Å². The highest BCUT2D eigenvalue weighted by Gasteiger charge is 2.02. The minimum Gasteiger partial charge on any atom is -0.351 e. The van der Waals surface area contributed by atoms with Gasteiger partial charge < -0.3 is 21.7 Å². The molecule has 1 aromatic rings. The minimum absolute atomic E-state index is 0.154. The van der Waals surface area contributed by atoms with Crippen molar-refractivity contribution in [1.82, 2.24) is 5.32 Å². The summed E-state index contributed by atoms with van der Waals surface area (Å²) in [6, 6.07) is 6.09. The summed E-state index contributed by atoms with van der Waals surface area (Å²) in [6.45, 7) is 0.230. The number of amides is 3. The first-order chi connectivity index (χ1) is 7.61. The van der Waals surface area contributed by atoms with E-state index in [1.54, 1.807) is 31.3 Å². The molecule has 0 saturated heterocycles. The second-order valence-electron chi connectivity index (χ2n) is 3.15. The van der Waals surface area contributed by atoms with Gasteiger partial charge in [0.25, 0.3) is 0 Å². The van der Waals surface area contributed by atoms with Gasteiger partial charge in [-0.25, -0.2) is 4.79 Å². The van der Waals surface area contributed by atoms with Crippen LogP contribution < -0.4 is 21.7 Å². The third kappa shape index (κ3) is 3.97. The van der Waals surface area contributed by atoms with Crippen molar-refractivity contribution in [2.45, 2.75) is 0 Å². The van der Waals surface area contributed by atoms with Gasteiger partial charge in [-0.1, -0.05) is 6.07 Å². The van der Waals surface area contributed by atoms with Gasteiger partial charge in [0.15, 0.2) is 0 Å². The Balaban J connectivity index is 2.67. The van der Waals surface area contributed by atoms with Gasteiger partial charge >= 0.3 is 6.03 Å². The fourth-order valence-electron chi connectivity index (χ4n) is 1.18. The molecule has 0 aliphatic carbocycles. The molecule has 0 saturated carbocycles. The molecule has 0 heterocycles. The number of nitrogens with one attached hydrogen (secondary N) is 3. The SMILES string of the molecule is CNCC(=O)Nc1cccc(NC(N)=O)c1. The van der Waals surface area contributed by atoms with E-state index in [-0.39, 0.29) is 12.5 Å². The highest BCUT2D eigenvalue weighted by Crippen LogP contribution is 2.14. The second-order valence-corrected chi connectivity index (χ2v) is 3.15. The van der Waals surface area contributed by atoms with E-state index in [0.29, 0.717) is 11.4 Å². The average Bonchev–Trinajstić information content (AvgIpc) is 2.17. The lowest BCUT2D eigenvalue weighted by Crippen LogP contribution is -2.25. The standard InChI is InChI=1S/C10H14N4O2/c1-12-6-9(15)13-7-3-2-4-8(5-7)14-10(11)16/h2-5,12H,6H2,1H3,(H,13,15)(H3,11,14,16). The number of hydrogen-bond donors (Lipinski definition) is 4. The Kier molecular flexibility index (Phi) is 4.28. The number of likely N-dealkylation sites (N-methyl/N-ethyl adjacent to an activating group) is 1. The van der Waals surface area contributed by atoms with E-state index in [4.69, 9.17) is 5.73 Å². The molecule has 6 heteroatoms. The van der Waals surface area contributed by atoms with Crippen LogP contribution in [-0.4, -0.2) is 25.5 Å². The van der Waals surface area contributed by atoms with Gasteiger partial charge in [0, 0.05) is 11.4 Å². The van der Waals surface area contributed by atoms with Crippen LogP contribution in [0, 0.1) is 0 Å². The van der Waals surface area contributed by atoms with Gasteiger partial charge in [0.1, 0.15) is 0 Å². The Morgan fingerprint density at radius 2 is 1.88 bits per heavy atom. The van der Waals surface area contributed by atoms with E-state index < -0.39 is 6.03 Å². The average molecular weight is 222 g/mol. The third-order valence-electron chi connectivity index (χ3n) is 1.75. The van der Waals surface area contributed by atoms with E-state index >= 15 is 0 Å². The lowest BCUT2D eigenvalue weighted by Gasteiger charge is -2.07. The van der Waals surface area contributed by atoms with Crippen molar-refractivity contribution in [2.75, 3.05) is 24.2 Å². The number of benzene rings is 1. The van der Waals surface area contributed by atoms with Crippen LogP contribution in [0.4, 0.5) is 16.2 Å². The van der Waals surface area contributed by atoms with Gasteiger partial charge in [0.2, 0.25) is 5.91 Å². The van der Waals surface area contributed by atoms with E-state index in [1.807, 2.05) is 0 Å². The summed E-state index contributed by atoms with van der Waals surface area (Å²) in [5.41, 5.74) is 6.12. The Morgan fingerprint density at radius 3 is 2.44 bits per heavy atom. The Hall–Kier alpha value is -2.08. The maximum absolute atomic E-state index is 11.3. The Bertz CT molecular complexity index is 392. The van der Waals surface area contributed by atoms with Crippen LogP contribution in [0.5, 0.6) is 0 Å². The molecule has 0 atom stereocenters. The summed E-state index contributed by atoms with van der Waals surface area (Å²) in [6.07, 6.45) is 0. The zero-order valence-corrected chi connectivity index (χ0v) is 8.91. The number of hydrogen-bond acceptors (Lipinski definition) is 3. The van der Waals surface area contributed by atoms with Crippen LogP contribution in [-0.2, 0) is 4.79 Å². The summed E-state index contributed by atoms with van der Waals surface area (Å²) < 4.78 is 0. The molecule has 0 spiro atoms. The largest absolute Gasteiger partial charge is 0.351 e. The first-order valence-electron chi connectivity index (χ1n) is 4.73. The minimum atomic E-state index is -0.640. The summed E-state index contributed by atoms with van der Waals surface area (Å²) >= 11 is 0. The van der Waals surface area contributed by atoms with E-state index in [0.717, 1.165) is 0 Å². The zero-order chi connectivity index (χ0) is 12.0. The van der Waals surface area contributed by atoms with E-state index in [9.17, 15) is 9.59 Å². The van der Waals surface area contributed by atoms with Crippen molar-refractivity contribution in [3.8, 4) is 0 Å². The number of urea groups is 1. The molecule has 0 unspecified atom stereocenters. The maximum atomic E-state index is 11.3. The van der Waals surface area contributed by atoms with Crippen LogP contribution in [0.1, 0.15) is 0 Å². The molecule has 3 amide bonds. The van der Waals surface area contributed by atoms with Gasteiger partial charge in [-0.15, -0.1) is 0 Å². The van der Waals surface area contributed by atoms with Crippen LogP contribution in [0.15, 0.2) is 24.3 Å². The third-order valence-corrected chi connectivity index (χ3v) is 1.75. The maximum Gasteiger partial charge on any atom is 0.316 e. The fourth-order valence-corrected chi connectivity index (χ4v) is 1.18. The number of carbonyl (C=O) groups excluding carboxylic acids is 2. The number of anilines is 2. The number of primary amides is 1. The van der Waals surface area contributed by atoms with Gasteiger partial charge in [-0.2, -0.15) is 0 Å².